The Balaban J connectivity index is 1.99. The number of hydrogen-bond donors (Lipinski definition) is 2. The number of nitrogens with zero attached hydrogens (tertiary/aromatic N) is 2. The van der Waals surface area contributed by atoms with Gasteiger partial charge in [-0.25, -0.2) is 4.79 Å². The van der Waals surface area contributed by atoms with Crippen molar-refractivity contribution in [2.24, 2.45) is 11.8 Å². The Morgan fingerprint density at radius 2 is 1.93 bits per heavy atom. The molecule has 2 N–H and O–H groups in total. The molecule has 0 radical (unpaired) electrons. The van der Waals surface area contributed by atoms with E-state index in [1.54, 1.807) is 0 Å². The van der Waals surface area contributed by atoms with Gasteiger partial charge in [0.05, 0.1) is 19.1 Å². The quantitative estimate of drug-likeness (QED) is 0.568. The van der Waals surface area contributed by atoms with Gasteiger partial charge in [0.15, 0.2) is 5.79 Å². The smallest absolute Gasteiger partial charge is 0.324 e. The van der Waals surface area contributed by atoms with Crippen molar-refractivity contribution in [1.82, 2.24) is 20.4 Å². The molecule has 0 aromatic heterocycles. The molecule has 8 nitrogen and oxygen atoms in total. The van der Waals surface area contributed by atoms with Gasteiger partial charge in [0.25, 0.3) is 0 Å². The van der Waals surface area contributed by atoms with Crippen LogP contribution in [0.1, 0.15) is 45.4 Å². The summed E-state index contributed by atoms with van der Waals surface area (Å²) in [5.74, 6) is -0.392. The number of amides is 3. The lowest BCUT2D eigenvalue weighted by Crippen LogP contribution is -2.50. The minimum absolute atomic E-state index is 0.0866. The third-order valence-electron chi connectivity index (χ3n) is 5.79. The predicted octanol–water partition coefficient (Wildman–Crippen LogP) is 1.66. The first-order chi connectivity index (χ1) is 13.9. The molecular weight excluding hydrogens is 372 g/mol. The van der Waals surface area contributed by atoms with E-state index in [0.29, 0.717) is 38.8 Å². The Morgan fingerprint density at radius 1 is 1.21 bits per heavy atom. The number of carbonyl (C=O) groups excluding carboxylic acids is 2. The molecule has 8 heteroatoms. The van der Waals surface area contributed by atoms with E-state index in [9.17, 15) is 9.59 Å². The van der Waals surface area contributed by atoms with E-state index < -0.39 is 5.79 Å². The molecule has 2 unspecified atom stereocenters. The fraction of sp³-hybridized carbons (Fsp3) is 0.905. The van der Waals surface area contributed by atoms with Crippen LogP contribution in [0.3, 0.4) is 0 Å². The fourth-order valence-electron chi connectivity index (χ4n) is 4.42. The molecule has 1 aliphatic carbocycles. The van der Waals surface area contributed by atoms with Crippen LogP contribution < -0.4 is 10.6 Å². The van der Waals surface area contributed by atoms with Crippen LogP contribution in [0.15, 0.2) is 0 Å². The molecular formula is C21H40N4O4. The van der Waals surface area contributed by atoms with Crippen molar-refractivity contribution >= 4 is 11.9 Å². The maximum Gasteiger partial charge on any atom is 0.324 e. The first kappa shape index (κ1) is 24.1. The highest BCUT2D eigenvalue weighted by Crippen LogP contribution is 2.41. The van der Waals surface area contributed by atoms with Gasteiger partial charge in [-0.15, -0.1) is 0 Å². The van der Waals surface area contributed by atoms with E-state index in [1.165, 1.54) is 4.90 Å². The Labute approximate surface area is 175 Å². The number of rotatable bonds is 10. The van der Waals surface area contributed by atoms with Gasteiger partial charge in [0, 0.05) is 39.0 Å². The largest absolute Gasteiger partial charge is 0.348 e. The number of nitrogens with one attached hydrogen (secondary N) is 2. The van der Waals surface area contributed by atoms with Crippen LogP contribution in [0.5, 0.6) is 0 Å². The summed E-state index contributed by atoms with van der Waals surface area (Å²) in [5.41, 5.74) is 0. The van der Waals surface area contributed by atoms with Crippen LogP contribution in [-0.2, 0) is 14.3 Å². The van der Waals surface area contributed by atoms with Gasteiger partial charge >= 0.3 is 6.03 Å². The molecule has 29 heavy (non-hydrogen) atoms. The summed E-state index contributed by atoms with van der Waals surface area (Å²) in [6.45, 7) is 5.56. The van der Waals surface area contributed by atoms with E-state index in [2.05, 4.69) is 10.6 Å². The molecule has 0 bridgehead atoms. The number of imide groups is 1. The monoisotopic (exact) mass is 412 g/mol. The predicted molar refractivity (Wildman–Crippen MR) is 113 cm³/mol. The van der Waals surface area contributed by atoms with E-state index in [1.807, 2.05) is 33.0 Å². The standard InChI is InChI=1S/C21H40N4O4/c1-5-10-25(20(27)23-9-11-24(3)4)19(26)18(16-22-2)14-17-7-6-8-21(15-17)28-12-13-29-21/h17-18,22H,5-16H2,1-4H3,(H,23,27). The molecule has 0 aromatic rings. The summed E-state index contributed by atoms with van der Waals surface area (Å²) in [6.07, 6.45) is 5.39. The van der Waals surface area contributed by atoms with Crippen molar-refractivity contribution in [2.45, 2.75) is 51.2 Å². The number of carbonyl (C=O) groups is 2. The van der Waals surface area contributed by atoms with Crippen molar-refractivity contribution in [1.29, 1.82) is 0 Å². The number of ether oxygens (including phenoxy) is 2. The van der Waals surface area contributed by atoms with Crippen LogP contribution in [0, 0.1) is 11.8 Å². The van der Waals surface area contributed by atoms with E-state index in [0.717, 1.165) is 45.1 Å². The average Bonchev–Trinajstić information content (AvgIpc) is 3.12. The minimum Gasteiger partial charge on any atom is -0.348 e. The van der Waals surface area contributed by atoms with Crippen molar-refractivity contribution in [3.05, 3.63) is 0 Å². The first-order valence-electron chi connectivity index (χ1n) is 11.1. The second-order valence-electron chi connectivity index (χ2n) is 8.59. The van der Waals surface area contributed by atoms with Gasteiger partial charge in [-0.05, 0) is 46.3 Å². The molecule has 1 spiro atoms. The second-order valence-corrected chi connectivity index (χ2v) is 8.59. The molecule has 1 saturated carbocycles. The molecule has 1 saturated heterocycles. The lowest BCUT2D eigenvalue weighted by Gasteiger charge is -2.37. The molecule has 3 amide bonds. The summed E-state index contributed by atoms with van der Waals surface area (Å²) in [6, 6.07) is -0.289. The second kappa shape index (κ2) is 11.8. The summed E-state index contributed by atoms with van der Waals surface area (Å²) in [5, 5.41) is 6.03. The van der Waals surface area contributed by atoms with Crippen molar-refractivity contribution < 1.29 is 19.1 Å². The SMILES string of the molecule is CCCN(C(=O)NCCN(C)C)C(=O)C(CNC)CC1CCCC2(C1)OCCO2. The highest BCUT2D eigenvalue weighted by atomic mass is 16.7. The Bertz CT molecular complexity index is 523. The third kappa shape index (κ3) is 7.20. The fourth-order valence-corrected chi connectivity index (χ4v) is 4.42. The van der Waals surface area contributed by atoms with Crippen molar-refractivity contribution in [3.63, 3.8) is 0 Å². The Kier molecular flexibility index (Phi) is 9.82. The summed E-state index contributed by atoms with van der Waals surface area (Å²) in [7, 11) is 5.77. The molecule has 2 fully saturated rings. The van der Waals surface area contributed by atoms with Crippen LogP contribution in [0.4, 0.5) is 4.79 Å². The summed E-state index contributed by atoms with van der Waals surface area (Å²) in [4.78, 5) is 29.4. The Hall–Kier alpha value is -1.22. The first-order valence-corrected chi connectivity index (χ1v) is 11.1. The zero-order chi connectivity index (χ0) is 21.3. The molecule has 0 aromatic carbocycles. The highest BCUT2D eigenvalue weighted by molar-refractivity contribution is 5.95. The maximum atomic E-state index is 13.3. The van der Waals surface area contributed by atoms with Crippen molar-refractivity contribution in [3.8, 4) is 0 Å². The van der Waals surface area contributed by atoms with Crippen LogP contribution in [0.25, 0.3) is 0 Å². The lowest BCUT2D eigenvalue weighted by molar-refractivity contribution is -0.188. The van der Waals surface area contributed by atoms with Crippen LogP contribution in [-0.4, -0.2) is 88.1 Å². The Morgan fingerprint density at radius 3 is 2.55 bits per heavy atom. The van der Waals surface area contributed by atoms with Gasteiger partial charge in [0.2, 0.25) is 5.91 Å². The summed E-state index contributed by atoms with van der Waals surface area (Å²) < 4.78 is 11.8. The van der Waals surface area contributed by atoms with Crippen molar-refractivity contribution in [2.75, 3.05) is 60.5 Å². The van der Waals surface area contributed by atoms with E-state index in [4.69, 9.17) is 9.47 Å². The average molecular weight is 413 g/mol. The normalized spacial score (nSPS) is 22.0. The summed E-state index contributed by atoms with van der Waals surface area (Å²) >= 11 is 0. The molecule has 2 aliphatic rings. The molecule has 1 aliphatic heterocycles. The molecule has 2 atom stereocenters. The van der Waals surface area contributed by atoms with E-state index >= 15 is 0 Å². The molecule has 1 heterocycles. The van der Waals surface area contributed by atoms with Gasteiger partial charge in [-0.1, -0.05) is 13.3 Å². The van der Waals surface area contributed by atoms with Gasteiger partial charge in [-0.2, -0.15) is 0 Å². The minimum atomic E-state index is -0.442. The zero-order valence-electron chi connectivity index (χ0n) is 18.7. The number of likely N-dealkylation sites (N-methyl/N-ethyl adjacent to an activating group) is 1. The maximum absolute atomic E-state index is 13.3. The molecule has 2 rings (SSSR count). The van der Waals surface area contributed by atoms with Crippen LogP contribution in [0.2, 0.25) is 0 Å². The van der Waals surface area contributed by atoms with Gasteiger partial charge in [0.1, 0.15) is 0 Å². The highest BCUT2D eigenvalue weighted by Gasteiger charge is 2.42. The third-order valence-corrected chi connectivity index (χ3v) is 5.79. The van der Waals surface area contributed by atoms with Gasteiger partial charge < -0.3 is 25.0 Å². The number of urea groups is 1. The van der Waals surface area contributed by atoms with Crippen LogP contribution >= 0.6 is 0 Å². The topological polar surface area (TPSA) is 83.1 Å². The lowest BCUT2D eigenvalue weighted by atomic mass is 9.79. The zero-order valence-corrected chi connectivity index (χ0v) is 18.7. The van der Waals surface area contributed by atoms with E-state index in [-0.39, 0.29) is 17.9 Å². The molecule has 168 valence electrons. The number of hydrogen-bond acceptors (Lipinski definition) is 6. The van der Waals surface area contributed by atoms with Gasteiger partial charge in [-0.3, -0.25) is 9.69 Å².